The van der Waals surface area contributed by atoms with E-state index in [0.29, 0.717) is 5.75 Å². The lowest BCUT2D eigenvalue weighted by Crippen LogP contribution is -2.19. The first-order valence-electron chi connectivity index (χ1n) is 11.8. The summed E-state index contributed by atoms with van der Waals surface area (Å²) < 4.78 is 33.8. The largest absolute Gasteiger partial charge is 0.493 e. The monoisotopic (exact) mass is 518 g/mol. The molecule has 0 amide bonds. The van der Waals surface area contributed by atoms with Gasteiger partial charge in [0.05, 0.1) is 17.0 Å². The Balaban J connectivity index is 0.000000202. The Kier molecular flexibility index (Phi) is 9.78. The lowest BCUT2D eigenvalue weighted by Gasteiger charge is -2.11. The number of carbonyl (C=O) groups is 1. The predicted molar refractivity (Wildman–Crippen MR) is 138 cm³/mol. The van der Waals surface area contributed by atoms with Crippen molar-refractivity contribution >= 4 is 17.3 Å². The Bertz CT molecular complexity index is 1180. The first-order valence-corrected chi connectivity index (χ1v) is 12.6. The second-order valence-electron chi connectivity index (χ2n) is 8.78. The van der Waals surface area contributed by atoms with Crippen molar-refractivity contribution in [3.63, 3.8) is 0 Å². The van der Waals surface area contributed by atoms with Crippen LogP contribution in [0.2, 0.25) is 0 Å². The van der Waals surface area contributed by atoms with Crippen molar-refractivity contribution in [1.82, 2.24) is 10.3 Å². The molecule has 0 aliphatic heterocycles. The minimum absolute atomic E-state index is 0.0761. The van der Waals surface area contributed by atoms with Crippen LogP contribution in [0, 0.1) is 26.7 Å². The summed E-state index contributed by atoms with van der Waals surface area (Å²) in [7, 11) is 1.45. The maximum Gasteiger partial charge on any atom is 0.387 e. The second-order valence-corrected chi connectivity index (χ2v) is 9.98. The number of alkyl halides is 2. The van der Waals surface area contributed by atoms with Gasteiger partial charge in [0.25, 0.3) is 0 Å². The van der Waals surface area contributed by atoms with Crippen LogP contribution in [-0.4, -0.2) is 42.9 Å². The van der Waals surface area contributed by atoms with E-state index >= 15 is 0 Å². The van der Waals surface area contributed by atoms with Crippen LogP contribution in [0.4, 0.5) is 8.78 Å². The molecule has 36 heavy (non-hydrogen) atoms. The molecule has 0 radical (unpaired) electrons. The molecule has 2 aromatic carbocycles. The summed E-state index contributed by atoms with van der Waals surface area (Å²) >= 11 is 1.42. The van der Waals surface area contributed by atoms with Crippen LogP contribution in [0.25, 0.3) is 10.4 Å². The van der Waals surface area contributed by atoms with Crippen molar-refractivity contribution in [3.05, 3.63) is 63.8 Å². The number of aromatic carboxylic acids is 1. The van der Waals surface area contributed by atoms with Gasteiger partial charge in [-0.25, -0.2) is 9.78 Å². The van der Waals surface area contributed by atoms with Crippen molar-refractivity contribution < 1.29 is 28.2 Å². The third-order valence-corrected chi connectivity index (χ3v) is 6.89. The zero-order valence-corrected chi connectivity index (χ0v) is 21.8. The number of aromatic nitrogens is 1. The maximum absolute atomic E-state index is 12.2. The number of nitrogens with zero attached hydrogens (tertiary/aromatic N) is 1. The highest BCUT2D eigenvalue weighted by Crippen LogP contribution is 2.32. The van der Waals surface area contributed by atoms with E-state index in [1.807, 2.05) is 39.0 Å². The standard InChI is InChI=1S/C14H19F2NO2.C13H13NO2S/c1-18-13-8-10(4-5-12(13)19-14(15)16)6-7-17-9-11-2-3-11;1-7-4-5-10(6-8(7)2)12-11(13(15)16)14-9(3)17-12/h4-5,8,11,14,17H,2-3,6-7,9H2,1H3;4-6H,1-3H3,(H,15,16). The number of rotatable bonds is 10. The Morgan fingerprint density at radius 3 is 2.50 bits per heavy atom. The number of halogens is 2. The van der Waals surface area contributed by atoms with Gasteiger partial charge in [-0.05, 0) is 93.4 Å². The van der Waals surface area contributed by atoms with Gasteiger partial charge in [0.2, 0.25) is 0 Å². The predicted octanol–water partition coefficient (Wildman–Crippen LogP) is 6.27. The summed E-state index contributed by atoms with van der Waals surface area (Å²) in [5, 5.41) is 13.3. The Labute approximate surface area is 214 Å². The molecule has 0 bridgehead atoms. The third-order valence-electron chi connectivity index (χ3n) is 5.87. The average Bonchev–Trinajstić information content (AvgIpc) is 3.58. The van der Waals surface area contributed by atoms with Gasteiger partial charge in [0, 0.05) is 0 Å². The topological polar surface area (TPSA) is 80.7 Å². The molecule has 0 saturated heterocycles. The van der Waals surface area contributed by atoms with E-state index in [1.165, 1.54) is 42.9 Å². The van der Waals surface area contributed by atoms with Crippen molar-refractivity contribution in [3.8, 4) is 21.9 Å². The fourth-order valence-corrected chi connectivity index (χ4v) is 4.48. The van der Waals surface area contributed by atoms with E-state index < -0.39 is 12.6 Å². The van der Waals surface area contributed by atoms with Crippen LogP contribution in [0.5, 0.6) is 11.5 Å². The molecule has 0 unspecified atom stereocenters. The van der Waals surface area contributed by atoms with Crippen LogP contribution in [0.15, 0.2) is 36.4 Å². The molecule has 1 aliphatic carbocycles. The van der Waals surface area contributed by atoms with Crippen LogP contribution in [-0.2, 0) is 6.42 Å². The van der Waals surface area contributed by atoms with E-state index in [-0.39, 0.29) is 11.4 Å². The lowest BCUT2D eigenvalue weighted by molar-refractivity contribution is -0.0512. The fourth-order valence-electron chi connectivity index (χ4n) is 3.57. The summed E-state index contributed by atoms with van der Waals surface area (Å²) in [5.41, 5.74) is 4.48. The van der Waals surface area contributed by atoms with Gasteiger partial charge in [0.1, 0.15) is 0 Å². The van der Waals surface area contributed by atoms with Gasteiger partial charge >= 0.3 is 12.6 Å². The van der Waals surface area contributed by atoms with Crippen molar-refractivity contribution in [1.29, 1.82) is 0 Å². The molecule has 9 heteroatoms. The zero-order valence-electron chi connectivity index (χ0n) is 20.9. The Hall–Kier alpha value is -3.04. The number of nitrogens with one attached hydrogen (secondary N) is 1. The molecule has 0 spiro atoms. The first kappa shape index (κ1) is 27.5. The average molecular weight is 519 g/mol. The van der Waals surface area contributed by atoms with Crippen LogP contribution >= 0.6 is 11.3 Å². The van der Waals surface area contributed by atoms with Crippen LogP contribution in [0.1, 0.15) is 45.0 Å². The maximum atomic E-state index is 12.2. The number of carboxylic acid groups (broad SMARTS) is 1. The molecule has 1 fully saturated rings. The molecule has 3 aromatic rings. The SMILES string of the molecule is COc1cc(CCNCC2CC2)ccc1OC(F)F.Cc1nc(C(=O)O)c(-c2ccc(C)c(C)c2)s1. The van der Waals surface area contributed by atoms with Crippen molar-refractivity contribution in [2.24, 2.45) is 5.92 Å². The molecule has 194 valence electrons. The Morgan fingerprint density at radius 2 is 1.89 bits per heavy atom. The number of thiazole rings is 1. The molecule has 1 saturated carbocycles. The van der Waals surface area contributed by atoms with E-state index in [4.69, 9.17) is 9.84 Å². The molecular weight excluding hydrogens is 486 g/mol. The van der Waals surface area contributed by atoms with Gasteiger partial charge < -0.3 is 19.9 Å². The van der Waals surface area contributed by atoms with Gasteiger partial charge in [-0.15, -0.1) is 11.3 Å². The minimum atomic E-state index is -2.83. The Morgan fingerprint density at radius 1 is 1.14 bits per heavy atom. The quantitative estimate of drug-likeness (QED) is 0.308. The number of aryl methyl sites for hydroxylation is 3. The lowest BCUT2D eigenvalue weighted by atomic mass is 10.0. The van der Waals surface area contributed by atoms with Crippen LogP contribution < -0.4 is 14.8 Å². The third kappa shape index (κ3) is 7.99. The van der Waals surface area contributed by atoms with Crippen molar-refractivity contribution in [2.75, 3.05) is 20.2 Å². The van der Waals surface area contributed by atoms with Crippen LogP contribution in [0.3, 0.4) is 0 Å². The number of benzene rings is 2. The highest BCUT2D eigenvalue weighted by atomic mass is 32.1. The highest BCUT2D eigenvalue weighted by Gasteiger charge is 2.20. The second kappa shape index (κ2) is 12.8. The van der Waals surface area contributed by atoms with Gasteiger partial charge in [0.15, 0.2) is 17.2 Å². The number of carboxylic acids is 1. The molecule has 4 rings (SSSR count). The summed E-state index contributed by atoms with van der Waals surface area (Å²) in [6.07, 6.45) is 3.51. The smallest absolute Gasteiger partial charge is 0.387 e. The first-order chi connectivity index (χ1) is 17.2. The number of hydrogen-bond acceptors (Lipinski definition) is 6. The molecule has 1 heterocycles. The summed E-state index contributed by atoms with van der Waals surface area (Å²) in [4.78, 5) is 15.9. The minimum Gasteiger partial charge on any atom is -0.493 e. The summed E-state index contributed by atoms with van der Waals surface area (Å²) in [6.45, 7) is 5.00. The van der Waals surface area contributed by atoms with Crippen molar-refractivity contribution in [2.45, 2.75) is 46.6 Å². The number of ether oxygens (including phenoxy) is 2. The number of hydrogen-bond donors (Lipinski definition) is 2. The molecule has 6 nitrogen and oxygen atoms in total. The van der Waals surface area contributed by atoms with Gasteiger partial charge in [-0.1, -0.05) is 24.3 Å². The molecule has 2 N–H and O–H groups in total. The van der Waals surface area contributed by atoms with E-state index in [9.17, 15) is 13.6 Å². The van der Waals surface area contributed by atoms with E-state index in [2.05, 4.69) is 15.0 Å². The molecular formula is C27H32F2N2O4S. The molecule has 1 aliphatic rings. The summed E-state index contributed by atoms with van der Waals surface area (Å²) in [5.74, 6) is 0.311. The normalized spacial score (nSPS) is 12.8. The fraction of sp³-hybridized carbons (Fsp3) is 0.407. The number of methoxy groups -OCH3 is 1. The highest BCUT2D eigenvalue weighted by molar-refractivity contribution is 7.15. The van der Waals surface area contributed by atoms with E-state index in [1.54, 1.807) is 12.1 Å². The van der Waals surface area contributed by atoms with Gasteiger partial charge in [-0.2, -0.15) is 8.78 Å². The molecule has 1 aromatic heterocycles. The van der Waals surface area contributed by atoms with E-state index in [0.717, 1.165) is 52.0 Å². The van der Waals surface area contributed by atoms with Gasteiger partial charge in [-0.3, -0.25) is 0 Å². The molecule has 0 atom stereocenters. The summed E-state index contributed by atoms with van der Waals surface area (Å²) in [6, 6.07) is 11.0. The zero-order chi connectivity index (χ0) is 26.2.